The molecule has 0 aliphatic carbocycles. The number of nitrogens with zero attached hydrogens (tertiary/aromatic N) is 1. The van der Waals surface area contributed by atoms with Gasteiger partial charge in [0, 0.05) is 26.2 Å². The molecule has 0 unspecified atom stereocenters. The minimum absolute atomic E-state index is 0.0398. The number of carbonyl (C=O) groups is 2. The van der Waals surface area contributed by atoms with Crippen molar-refractivity contribution in [2.24, 2.45) is 5.73 Å². The van der Waals surface area contributed by atoms with Gasteiger partial charge < -0.3 is 16.4 Å². The number of carbonyl (C=O) groups excluding carboxylic acids is 2. The molecule has 0 heterocycles. The van der Waals surface area contributed by atoms with Crippen LogP contribution in [0.15, 0.2) is 29.2 Å². The number of hydrogen-bond donors (Lipinski definition) is 3. The number of benzene rings is 1. The number of nitrogens with two attached hydrogens (primary N) is 1. The monoisotopic (exact) mass is 384 g/mol. The van der Waals surface area contributed by atoms with Crippen molar-refractivity contribution in [3.8, 4) is 0 Å². The normalized spacial score (nSPS) is 12.1. The Bertz CT molecular complexity index is 719. The fraction of sp³-hybridized carbons (Fsp3) is 0.529. The van der Waals surface area contributed by atoms with Gasteiger partial charge >= 0.3 is 0 Å². The Labute approximate surface area is 155 Å². The molecule has 1 aromatic carbocycles. The number of anilines is 1. The largest absolute Gasteiger partial charge is 0.348 e. The van der Waals surface area contributed by atoms with Crippen molar-refractivity contribution in [3.05, 3.63) is 24.3 Å². The Morgan fingerprint density at radius 2 is 1.69 bits per heavy atom. The van der Waals surface area contributed by atoms with Crippen LogP contribution in [0.3, 0.4) is 0 Å². The van der Waals surface area contributed by atoms with Gasteiger partial charge in [-0.05, 0) is 37.1 Å². The van der Waals surface area contributed by atoms with Gasteiger partial charge in [0.25, 0.3) is 0 Å². The van der Waals surface area contributed by atoms with Gasteiger partial charge in [-0.3, -0.25) is 9.59 Å². The molecular weight excluding hydrogens is 356 g/mol. The van der Waals surface area contributed by atoms with Crippen molar-refractivity contribution >= 4 is 27.5 Å². The molecule has 0 aromatic heterocycles. The number of rotatable bonds is 9. The summed E-state index contributed by atoms with van der Waals surface area (Å²) in [7, 11) is -2.48. The summed E-state index contributed by atoms with van der Waals surface area (Å²) in [5.41, 5.74) is 5.73. The lowest BCUT2D eigenvalue weighted by atomic mass is 9.93. The second-order valence-electron chi connectivity index (χ2n) is 6.21. The molecule has 4 N–H and O–H groups in total. The van der Waals surface area contributed by atoms with E-state index >= 15 is 0 Å². The first kappa shape index (κ1) is 22.1. The fourth-order valence-corrected chi connectivity index (χ4v) is 3.61. The second-order valence-corrected chi connectivity index (χ2v) is 8.25. The summed E-state index contributed by atoms with van der Waals surface area (Å²) in [6.45, 7) is 5.19. The number of hydrogen-bond acceptors (Lipinski definition) is 5. The van der Waals surface area contributed by atoms with Gasteiger partial charge in [0.2, 0.25) is 21.8 Å². The lowest BCUT2D eigenvalue weighted by Gasteiger charge is -2.32. The highest BCUT2D eigenvalue weighted by Crippen LogP contribution is 2.18. The molecule has 0 fully saturated rings. The van der Waals surface area contributed by atoms with E-state index in [1.807, 2.05) is 13.8 Å². The smallest absolute Gasteiger partial charge is 0.243 e. The van der Waals surface area contributed by atoms with Crippen LogP contribution >= 0.6 is 0 Å². The third kappa shape index (κ3) is 5.52. The Morgan fingerprint density at radius 3 is 2.12 bits per heavy atom. The summed E-state index contributed by atoms with van der Waals surface area (Å²) >= 11 is 0. The van der Waals surface area contributed by atoms with E-state index in [4.69, 9.17) is 5.73 Å². The summed E-state index contributed by atoms with van der Waals surface area (Å²) in [6, 6.07) is 5.76. The first-order valence-electron chi connectivity index (χ1n) is 8.45. The highest BCUT2D eigenvalue weighted by atomic mass is 32.2. The van der Waals surface area contributed by atoms with E-state index in [1.54, 1.807) is 0 Å². The Morgan fingerprint density at radius 1 is 1.15 bits per heavy atom. The molecule has 0 saturated heterocycles. The molecule has 0 saturated carbocycles. The quantitative estimate of drug-likeness (QED) is 0.584. The van der Waals surface area contributed by atoms with Crippen LogP contribution in [0.2, 0.25) is 0 Å². The Balaban J connectivity index is 2.86. The molecule has 0 atom stereocenters. The average molecular weight is 385 g/mol. The molecule has 0 aliphatic rings. The first-order valence-corrected chi connectivity index (χ1v) is 9.89. The van der Waals surface area contributed by atoms with E-state index in [-0.39, 0.29) is 23.9 Å². The van der Waals surface area contributed by atoms with Crippen molar-refractivity contribution in [2.45, 2.75) is 44.0 Å². The zero-order valence-electron chi connectivity index (χ0n) is 15.7. The summed E-state index contributed by atoms with van der Waals surface area (Å²) in [4.78, 5) is 23.3. The molecule has 9 heteroatoms. The van der Waals surface area contributed by atoms with Crippen LogP contribution in [0.25, 0.3) is 0 Å². The summed E-state index contributed by atoms with van der Waals surface area (Å²) < 4.78 is 26.2. The fourth-order valence-electron chi connectivity index (χ4n) is 2.48. The number of amides is 2. The Hall–Kier alpha value is -1.97. The Kier molecular flexibility index (Phi) is 7.73. The SMILES string of the molecule is CCC(CC)(CN)NC(=O)CN(C)S(=O)(=O)c1ccc(NC(C)=O)cc1. The molecule has 146 valence electrons. The molecule has 0 aliphatic heterocycles. The maximum Gasteiger partial charge on any atom is 0.243 e. The standard InChI is InChI=1S/C17H28N4O4S/c1-5-17(6-2,12-18)20-16(23)11-21(4)26(24,25)15-9-7-14(8-10-15)19-13(3)22/h7-10H,5-6,11-12,18H2,1-4H3,(H,19,22)(H,20,23). The molecule has 0 spiro atoms. The van der Waals surface area contributed by atoms with E-state index in [0.29, 0.717) is 18.5 Å². The lowest BCUT2D eigenvalue weighted by molar-refractivity contribution is -0.123. The zero-order valence-corrected chi connectivity index (χ0v) is 16.5. The molecule has 26 heavy (non-hydrogen) atoms. The lowest BCUT2D eigenvalue weighted by Crippen LogP contribution is -2.55. The van der Waals surface area contributed by atoms with E-state index in [0.717, 1.165) is 4.31 Å². The van der Waals surface area contributed by atoms with Crippen molar-refractivity contribution in [2.75, 3.05) is 25.5 Å². The van der Waals surface area contributed by atoms with Crippen molar-refractivity contribution in [1.29, 1.82) is 0 Å². The van der Waals surface area contributed by atoms with Crippen molar-refractivity contribution in [3.63, 3.8) is 0 Å². The number of likely N-dealkylation sites (N-methyl/N-ethyl adjacent to an activating group) is 1. The predicted octanol–water partition coefficient (Wildman–Crippen LogP) is 0.899. The van der Waals surface area contributed by atoms with E-state index in [1.165, 1.54) is 38.2 Å². The highest BCUT2D eigenvalue weighted by molar-refractivity contribution is 7.89. The van der Waals surface area contributed by atoms with Crippen LogP contribution < -0.4 is 16.4 Å². The molecule has 0 bridgehead atoms. The van der Waals surface area contributed by atoms with Crippen LogP contribution in [0, 0.1) is 0 Å². The van der Waals surface area contributed by atoms with Crippen molar-refractivity contribution < 1.29 is 18.0 Å². The third-order valence-corrected chi connectivity index (χ3v) is 6.22. The number of nitrogens with one attached hydrogen (secondary N) is 2. The van der Waals surface area contributed by atoms with Gasteiger partial charge in [0.1, 0.15) is 0 Å². The molecule has 0 radical (unpaired) electrons. The summed E-state index contributed by atoms with van der Waals surface area (Å²) in [5, 5.41) is 5.41. The van der Waals surface area contributed by atoms with Crippen LogP contribution in [0.1, 0.15) is 33.6 Å². The number of sulfonamides is 1. The van der Waals surface area contributed by atoms with Gasteiger partial charge in [-0.2, -0.15) is 4.31 Å². The molecule has 8 nitrogen and oxygen atoms in total. The van der Waals surface area contributed by atoms with Gasteiger partial charge in [-0.15, -0.1) is 0 Å². The zero-order chi connectivity index (χ0) is 20.0. The van der Waals surface area contributed by atoms with Gasteiger partial charge in [-0.25, -0.2) is 8.42 Å². The molecule has 2 amide bonds. The highest BCUT2D eigenvalue weighted by Gasteiger charge is 2.29. The van der Waals surface area contributed by atoms with Crippen LogP contribution in [0.4, 0.5) is 5.69 Å². The van der Waals surface area contributed by atoms with Gasteiger partial charge in [0.15, 0.2) is 0 Å². The second kappa shape index (κ2) is 9.11. The first-order chi connectivity index (χ1) is 12.1. The van der Waals surface area contributed by atoms with Gasteiger partial charge in [0.05, 0.1) is 17.0 Å². The average Bonchev–Trinajstić information content (AvgIpc) is 2.59. The maximum atomic E-state index is 12.6. The minimum Gasteiger partial charge on any atom is -0.348 e. The molecular formula is C17H28N4O4S. The minimum atomic E-state index is -3.83. The van der Waals surface area contributed by atoms with E-state index in [9.17, 15) is 18.0 Å². The van der Waals surface area contributed by atoms with Crippen molar-refractivity contribution in [1.82, 2.24) is 9.62 Å². The maximum absolute atomic E-state index is 12.6. The predicted molar refractivity (Wildman–Crippen MR) is 101 cm³/mol. The molecule has 1 rings (SSSR count). The topological polar surface area (TPSA) is 122 Å². The summed E-state index contributed by atoms with van der Waals surface area (Å²) in [5.74, 6) is -0.648. The van der Waals surface area contributed by atoms with Crippen LogP contribution in [0.5, 0.6) is 0 Å². The third-order valence-electron chi connectivity index (χ3n) is 4.40. The van der Waals surface area contributed by atoms with E-state index < -0.39 is 21.5 Å². The molecule has 1 aromatic rings. The van der Waals surface area contributed by atoms with Crippen LogP contribution in [-0.4, -0.2) is 50.2 Å². The van der Waals surface area contributed by atoms with E-state index in [2.05, 4.69) is 10.6 Å². The van der Waals surface area contributed by atoms with Crippen LogP contribution in [-0.2, 0) is 19.6 Å². The summed E-state index contributed by atoms with van der Waals surface area (Å²) in [6.07, 6.45) is 1.32. The van der Waals surface area contributed by atoms with Gasteiger partial charge in [-0.1, -0.05) is 13.8 Å².